The van der Waals surface area contributed by atoms with Crippen LogP contribution < -0.4 is 10.1 Å². The molecule has 0 aliphatic heterocycles. The number of nitrogens with one attached hydrogen (secondary N) is 1. The SMILES string of the molecule is CCNCc1ccc(Oc2c(C)ccc(C)c2C)c(F)c1. The highest BCUT2D eigenvalue weighted by molar-refractivity contribution is 5.47. The lowest BCUT2D eigenvalue weighted by molar-refractivity contribution is 0.435. The molecule has 2 nitrogen and oxygen atoms in total. The van der Waals surface area contributed by atoms with Gasteiger partial charge in [0.05, 0.1) is 0 Å². The third kappa shape index (κ3) is 3.61. The first-order valence-corrected chi connectivity index (χ1v) is 7.26. The zero-order valence-corrected chi connectivity index (χ0v) is 13.1. The highest BCUT2D eigenvalue weighted by Gasteiger charge is 2.11. The van der Waals surface area contributed by atoms with Crippen molar-refractivity contribution in [2.75, 3.05) is 6.54 Å². The van der Waals surface area contributed by atoms with Crippen LogP contribution in [-0.4, -0.2) is 6.54 Å². The highest BCUT2D eigenvalue weighted by Crippen LogP contribution is 2.32. The fraction of sp³-hybridized carbons (Fsp3) is 0.333. The summed E-state index contributed by atoms with van der Waals surface area (Å²) in [4.78, 5) is 0. The molecular formula is C18H22FNO. The predicted molar refractivity (Wildman–Crippen MR) is 84.5 cm³/mol. The van der Waals surface area contributed by atoms with Crippen LogP contribution in [0.1, 0.15) is 29.2 Å². The van der Waals surface area contributed by atoms with Crippen LogP contribution in [0.25, 0.3) is 0 Å². The Kier molecular flexibility index (Phi) is 4.97. The van der Waals surface area contributed by atoms with E-state index in [0.29, 0.717) is 6.54 Å². The van der Waals surface area contributed by atoms with Gasteiger partial charge in [0, 0.05) is 6.54 Å². The predicted octanol–water partition coefficient (Wildman–Crippen LogP) is 4.65. The number of halogens is 1. The van der Waals surface area contributed by atoms with E-state index in [2.05, 4.69) is 5.32 Å². The maximum Gasteiger partial charge on any atom is 0.166 e. The summed E-state index contributed by atoms with van der Waals surface area (Å²) in [5.41, 5.74) is 4.11. The van der Waals surface area contributed by atoms with Crippen molar-refractivity contribution in [3.8, 4) is 11.5 Å². The van der Waals surface area contributed by atoms with E-state index in [0.717, 1.165) is 34.5 Å². The summed E-state index contributed by atoms with van der Waals surface area (Å²) in [6.07, 6.45) is 0. The minimum absolute atomic E-state index is 0.270. The van der Waals surface area contributed by atoms with Gasteiger partial charge in [-0.25, -0.2) is 4.39 Å². The van der Waals surface area contributed by atoms with Gasteiger partial charge >= 0.3 is 0 Å². The number of rotatable bonds is 5. The zero-order chi connectivity index (χ0) is 15.4. The Morgan fingerprint density at radius 3 is 2.43 bits per heavy atom. The van der Waals surface area contributed by atoms with E-state index in [1.54, 1.807) is 6.07 Å². The zero-order valence-electron chi connectivity index (χ0n) is 13.1. The molecule has 0 amide bonds. The summed E-state index contributed by atoms with van der Waals surface area (Å²) in [5, 5.41) is 3.18. The number of aryl methyl sites for hydroxylation is 2. The number of ether oxygens (including phenoxy) is 1. The van der Waals surface area contributed by atoms with E-state index in [4.69, 9.17) is 4.74 Å². The molecule has 0 spiro atoms. The number of hydrogen-bond acceptors (Lipinski definition) is 2. The van der Waals surface area contributed by atoms with Crippen LogP contribution in [0.15, 0.2) is 30.3 Å². The lowest BCUT2D eigenvalue weighted by atomic mass is 10.1. The molecule has 112 valence electrons. The molecule has 3 heteroatoms. The van der Waals surface area contributed by atoms with E-state index in [1.807, 2.05) is 45.9 Å². The van der Waals surface area contributed by atoms with Gasteiger partial charge in [-0.3, -0.25) is 0 Å². The topological polar surface area (TPSA) is 21.3 Å². The van der Waals surface area contributed by atoms with Crippen molar-refractivity contribution in [3.05, 3.63) is 58.4 Å². The maximum absolute atomic E-state index is 14.2. The Bertz CT molecular complexity index is 637. The summed E-state index contributed by atoms with van der Waals surface area (Å²) in [5.74, 6) is 0.686. The van der Waals surface area contributed by atoms with Crippen molar-refractivity contribution < 1.29 is 9.13 Å². The summed E-state index contributed by atoms with van der Waals surface area (Å²) in [6, 6.07) is 9.16. The second-order valence-electron chi connectivity index (χ2n) is 5.30. The van der Waals surface area contributed by atoms with Crippen molar-refractivity contribution in [1.82, 2.24) is 5.32 Å². The van der Waals surface area contributed by atoms with Crippen LogP contribution in [0.5, 0.6) is 11.5 Å². The van der Waals surface area contributed by atoms with E-state index >= 15 is 0 Å². The fourth-order valence-electron chi connectivity index (χ4n) is 2.20. The van der Waals surface area contributed by atoms with Crippen LogP contribution in [0.3, 0.4) is 0 Å². The van der Waals surface area contributed by atoms with Gasteiger partial charge in [-0.15, -0.1) is 0 Å². The maximum atomic E-state index is 14.2. The normalized spacial score (nSPS) is 10.7. The van der Waals surface area contributed by atoms with Gasteiger partial charge in [-0.05, 0) is 61.7 Å². The summed E-state index contributed by atoms with van der Waals surface area (Å²) in [7, 11) is 0. The van der Waals surface area contributed by atoms with Crippen molar-refractivity contribution in [1.29, 1.82) is 0 Å². The standard InChI is InChI=1S/C18H22FNO/c1-5-20-11-15-8-9-17(16(19)10-15)21-18-13(3)7-6-12(2)14(18)4/h6-10,20H,5,11H2,1-4H3. The van der Waals surface area contributed by atoms with Crippen molar-refractivity contribution in [3.63, 3.8) is 0 Å². The quantitative estimate of drug-likeness (QED) is 0.864. The molecule has 0 bridgehead atoms. The van der Waals surface area contributed by atoms with E-state index in [9.17, 15) is 4.39 Å². The molecule has 0 atom stereocenters. The van der Waals surface area contributed by atoms with Crippen molar-refractivity contribution in [2.24, 2.45) is 0 Å². The second-order valence-corrected chi connectivity index (χ2v) is 5.30. The molecule has 0 aromatic heterocycles. The van der Waals surface area contributed by atoms with Gasteiger partial charge in [-0.2, -0.15) is 0 Å². The largest absolute Gasteiger partial charge is 0.454 e. The molecule has 2 rings (SSSR count). The third-order valence-corrected chi connectivity index (χ3v) is 3.66. The molecule has 0 aliphatic rings. The lowest BCUT2D eigenvalue weighted by Crippen LogP contribution is -2.11. The van der Waals surface area contributed by atoms with E-state index in [1.165, 1.54) is 6.07 Å². The molecule has 0 radical (unpaired) electrons. The van der Waals surface area contributed by atoms with Gasteiger partial charge in [-0.1, -0.05) is 25.1 Å². The molecule has 0 fully saturated rings. The van der Waals surface area contributed by atoms with Crippen LogP contribution in [0.2, 0.25) is 0 Å². The Morgan fingerprint density at radius 1 is 1.05 bits per heavy atom. The van der Waals surface area contributed by atoms with Gasteiger partial charge in [0.2, 0.25) is 0 Å². The number of benzene rings is 2. The van der Waals surface area contributed by atoms with Gasteiger partial charge in [0.1, 0.15) is 5.75 Å². The summed E-state index contributed by atoms with van der Waals surface area (Å²) < 4.78 is 20.0. The lowest BCUT2D eigenvalue weighted by Gasteiger charge is -2.14. The van der Waals surface area contributed by atoms with Gasteiger partial charge in [0.25, 0.3) is 0 Å². The van der Waals surface area contributed by atoms with Crippen LogP contribution in [0.4, 0.5) is 4.39 Å². The smallest absolute Gasteiger partial charge is 0.166 e. The molecule has 1 N–H and O–H groups in total. The molecular weight excluding hydrogens is 265 g/mol. The van der Waals surface area contributed by atoms with Gasteiger partial charge < -0.3 is 10.1 Å². The third-order valence-electron chi connectivity index (χ3n) is 3.66. The Balaban J connectivity index is 2.26. The molecule has 2 aromatic carbocycles. The van der Waals surface area contributed by atoms with Crippen LogP contribution >= 0.6 is 0 Å². The molecule has 0 unspecified atom stereocenters. The Labute approximate surface area is 126 Å². The summed E-state index contributed by atoms with van der Waals surface area (Å²) in [6.45, 7) is 9.54. The average Bonchev–Trinajstić information content (AvgIpc) is 2.47. The first kappa shape index (κ1) is 15.5. The minimum atomic E-state index is -0.328. The second kappa shape index (κ2) is 6.72. The molecule has 2 aromatic rings. The average molecular weight is 287 g/mol. The van der Waals surface area contributed by atoms with Crippen molar-refractivity contribution >= 4 is 0 Å². The summed E-state index contributed by atoms with van der Waals surface area (Å²) >= 11 is 0. The van der Waals surface area contributed by atoms with E-state index in [-0.39, 0.29) is 11.6 Å². The first-order valence-electron chi connectivity index (χ1n) is 7.26. The molecule has 21 heavy (non-hydrogen) atoms. The van der Waals surface area contributed by atoms with E-state index < -0.39 is 0 Å². The molecule has 0 saturated heterocycles. The Hall–Kier alpha value is -1.87. The molecule has 0 heterocycles. The van der Waals surface area contributed by atoms with Gasteiger partial charge in [0.15, 0.2) is 11.6 Å². The number of hydrogen-bond donors (Lipinski definition) is 1. The van der Waals surface area contributed by atoms with Crippen molar-refractivity contribution in [2.45, 2.75) is 34.2 Å². The fourth-order valence-corrected chi connectivity index (χ4v) is 2.20. The molecule has 0 saturated carbocycles. The van der Waals surface area contributed by atoms with Crippen LogP contribution in [0, 0.1) is 26.6 Å². The van der Waals surface area contributed by atoms with Crippen LogP contribution in [-0.2, 0) is 6.54 Å². The first-order chi connectivity index (χ1) is 10.0. The minimum Gasteiger partial charge on any atom is -0.454 e. The Morgan fingerprint density at radius 2 is 1.76 bits per heavy atom. The molecule has 0 aliphatic carbocycles. The highest BCUT2D eigenvalue weighted by atomic mass is 19.1. The monoisotopic (exact) mass is 287 g/mol.